The van der Waals surface area contributed by atoms with Gasteiger partial charge in [-0.15, -0.1) is 0 Å². The molecule has 0 saturated carbocycles. The molecule has 0 fully saturated rings. The van der Waals surface area contributed by atoms with E-state index in [-0.39, 0.29) is 11.5 Å². The first kappa shape index (κ1) is 11.4. The lowest BCUT2D eigenvalue weighted by atomic mass is 10.2. The molecule has 0 spiro atoms. The summed E-state index contributed by atoms with van der Waals surface area (Å²) >= 11 is 0. The third-order valence-corrected chi connectivity index (χ3v) is 2.39. The molecule has 0 aliphatic rings. The van der Waals surface area contributed by atoms with Crippen LogP contribution in [0.3, 0.4) is 0 Å². The average molecular weight is 236 g/mol. The Kier molecular flexibility index (Phi) is 2.75. The summed E-state index contributed by atoms with van der Waals surface area (Å²) in [5.74, 6) is -1.50. The first-order valence-corrected chi connectivity index (χ1v) is 5.01. The van der Waals surface area contributed by atoms with E-state index in [2.05, 4.69) is 5.10 Å². The maximum absolute atomic E-state index is 13.0. The van der Waals surface area contributed by atoms with Gasteiger partial charge in [-0.05, 0) is 26.0 Å². The van der Waals surface area contributed by atoms with Crippen LogP contribution in [0.15, 0.2) is 24.4 Å². The van der Waals surface area contributed by atoms with Gasteiger partial charge in [0.25, 0.3) is 0 Å². The number of hydrogen-bond donors (Lipinski definition) is 0. The van der Waals surface area contributed by atoms with Gasteiger partial charge in [-0.3, -0.25) is 4.79 Å². The number of nitrogens with zero attached hydrogens (tertiary/aromatic N) is 2. The Morgan fingerprint density at radius 2 is 1.82 bits per heavy atom. The van der Waals surface area contributed by atoms with Gasteiger partial charge in [0.2, 0.25) is 0 Å². The van der Waals surface area contributed by atoms with E-state index in [0.717, 1.165) is 18.2 Å². The van der Waals surface area contributed by atoms with Crippen LogP contribution in [0.25, 0.3) is 5.69 Å². The average Bonchev–Trinajstić information content (AvgIpc) is 2.59. The predicted molar refractivity (Wildman–Crippen MR) is 58.2 cm³/mol. The molecule has 0 unspecified atom stereocenters. The van der Waals surface area contributed by atoms with E-state index in [1.165, 1.54) is 17.8 Å². The highest BCUT2D eigenvalue weighted by Crippen LogP contribution is 2.15. The minimum atomic E-state index is -0.683. The van der Waals surface area contributed by atoms with Crippen LogP contribution in [0.4, 0.5) is 8.78 Å². The van der Waals surface area contributed by atoms with Gasteiger partial charge in [0.15, 0.2) is 5.78 Å². The maximum Gasteiger partial charge on any atom is 0.163 e. The summed E-state index contributed by atoms with van der Waals surface area (Å²) in [5, 5.41) is 4.05. The molecule has 5 heteroatoms. The van der Waals surface area contributed by atoms with Gasteiger partial charge in [-0.2, -0.15) is 5.10 Å². The van der Waals surface area contributed by atoms with Gasteiger partial charge in [-0.1, -0.05) is 0 Å². The molecule has 2 rings (SSSR count). The van der Waals surface area contributed by atoms with Crippen molar-refractivity contribution >= 4 is 5.78 Å². The lowest BCUT2D eigenvalue weighted by Gasteiger charge is -2.01. The number of aryl methyl sites for hydroxylation is 1. The Morgan fingerprint density at radius 1 is 1.24 bits per heavy atom. The fourth-order valence-corrected chi connectivity index (χ4v) is 1.61. The number of Topliss-reactive ketones (excluding diaryl/α,β-unsaturated/α-hetero) is 1. The molecular weight excluding hydrogens is 226 g/mol. The van der Waals surface area contributed by atoms with E-state index in [0.29, 0.717) is 11.3 Å². The van der Waals surface area contributed by atoms with Crippen molar-refractivity contribution < 1.29 is 13.6 Å². The van der Waals surface area contributed by atoms with E-state index < -0.39 is 11.6 Å². The summed E-state index contributed by atoms with van der Waals surface area (Å²) in [6.45, 7) is 3.09. The Balaban J connectivity index is 2.53. The number of carbonyl (C=O) groups excluding carboxylic acids is 1. The van der Waals surface area contributed by atoms with Crippen LogP contribution in [0.5, 0.6) is 0 Å². The molecule has 0 aliphatic carbocycles. The van der Waals surface area contributed by atoms with Crippen molar-refractivity contribution in [3.05, 3.63) is 47.3 Å². The van der Waals surface area contributed by atoms with Gasteiger partial charge in [0.1, 0.15) is 11.6 Å². The molecule has 1 aromatic carbocycles. The second kappa shape index (κ2) is 4.08. The van der Waals surface area contributed by atoms with Crippen LogP contribution in [0.1, 0.15) is 23.0 Å². The summed E-state index contributed by atoms with van der Waals surface area (Å²) in [5.41, 5.74) is 1.22. The van der Waals surface area contributed by atoms with Gasteiger partial charge in [-0.25, -0.2) is 13.5 Å². The number of carbonyl (C=O) groups is 1. The van der Waals surface area contributed by atoms with E-state index in [4.69, 9.17) is 0 Å². The molecule has 0 bridgehead atoms. The second-order valence-corrected chi connectivity index (χ2v) is 3.76. The van der Waals surface area contributed by atoms with Gasteiger partial charge in [0.05, 0.1) is 16.9 Å². The molecule has 88 valence electrons. The summed E-state index contributed by atoms with van der Waals surface area (Å²) in [4.78, 5) is 11.2. The zero-order valence-corrected chi connectivity index (χ0v) is 9.37. The van der Waals surface area contributed by atoms with E-state index >= 15 is 0 Å². The zero-order chi connectivity index (χ0) is 12.6. The topological polar surface area (TPSA) is 34.9 Å². The monoisotopic (exact) mass is 236 g/mol. The van der Waals surface area contributed by atoms with Crippen LogP contribution >= 0.6 is 0 Å². The van der Waals surface area contributed by atoms with E-state index in [9.17, 15) is 13.6 Å². The molecule has 0 aliphatic heterocycles. The standard InChI is InChI=1S/C12H10F2N2O/c1-7-12(8(2)17)6-16(15-7)11-4-9(13)3-10(14)5-11/h3-6H,1-2H3. The highest BCUT2D eigenvalue weighted by atomic mass is 19.1. The molecule has 3 nitrogen and oxygen atoms in total. The fourth-order valence-electron chi connectivity index (χ4n) is 1.61. The predicted octanol–water partition coefficient (Wildman–Crippen LogP) is 2.66. The molecule has 17 heavy (non-hydrogen) atoms. The Labute approximate surface area is 96.7 Å². The van der Waals surface area contributed by atoms with E-state index in [1.807, 2.05) is 0 Å². The summed E-state index contributed by atoms with van der Waals surface area (Å²) in [6.07, 6.45) is 1.46. The molecule has 1 aromatic heterocycles. The number of aromatic nitrogens is 2. The van der Waals surface area contributed by atoms with Crippen LogP contribution in [0.2, 0.25) is 0 Å². The minimum Gasteiger partial charge on any atom is -0.294 e. The minimum absolute atomic E-state index is 0.134. The van der Waals surface area contributed by atoms with Crippen molar-refractivity contribution in [1.29, 1.82) is 0 Å². The number of rotatable bonds is 2. The molecule has 0 N–H and O–H groups in total. The third kappa shape index (κ3) is 2.22. The first-order chi connectivity index (χ1) is 7.97. The van der Waals surface area contributed by atoms with Crippen molar-refractivity contribution in [3.8, 4) is 5.69 Å². The summed E-state index contributed by atoms with van der Waals surface area (Å²) in [6, 6.07) is 3.09. The quantitative estimate of drug-likeness (QED) is 0.751. The van der Waals surface area contributed by atoms with Gasteiger partial charge in [0, 0.05) is 12.3 Å². The SMILES string of the molecule is CC(=O)c1cn(-c2cc(F)cc(F)c2)nc1C. The summed E-state index contributed by atoms with van der Waals surface area (Å²) in [7, 11) is 0. The van der Waals surface area contributed by atoms with Crippen molar-refractivity contribution in [2.24, 2.45) is 0 Å². The number of hydrogen-bond acceptors (Lipinski definition) is 2. The van der Waals surface area contributed by atoms with Crippen molar-refractivity contribution in [2.45, 2.75) is 13.8 Å². The lowest BCUT2D eigenvalue weighted by Crippen LogP contribution is -1.96. The summed E-state index contributed by atoms with van der Waals surface area (Å²) < 4.78 is 27.4. The number of benzene rings is 1. The Bertz CT molecular complexity index is 570. The molecule has 0 amide bonds. The normalized spacial score (nSPS) is 10.6. The van der Waals surface area contributed by atoms with Crippen LogP contribution in [-0.2, 0) is 0 Å². The fraction of sp³-hybridized carbons (Fsp3) is 0.167. The van der Waals surface area contributed by atoms with Crippen molar-refractivity contribution in [1.82, 2.24) is 9.78 Å². The molecule has 2 aromatic rings. The smallest absolute Gasteiger partial charge is 0.163 e. The second-order valence-electron chi connectivity index (χ2n) is 3.76. The van der Waals surface area contributed by atoms with Gasteiger partial charge >= 0.3 is 0 Å². The van der Waals surface area contributed by atoms with E-state index in [1.54, 1.807) is 6.92 Å². The third-order valence-electron chi connectivity index (χ3n) is 2.39. The van der Waals surface area contributed by atoms with Crippen molar-refractivity contribution in [2.75, 3.05) is 0 Å². The molecule has 1 heterocycles. The van der Waals surface area contributed by atoms with Crippen LogP contribution < -0.4 is 0 Å². The van der Waals surface area contributed by atoms with Crippen LogP contribution in [-0.4, -0.2) is 15.6 Å². The lowest BCUT2D eigenvalue weighted by molar-refractivity contribution is 0.101. The number of ketones is 1. The molecule has 0 radical (unpaired) electrons. The molecular formula is C12H10F2N2O. The Hall–Kier alpha value is -2.04. The van der Waals surface area contributed by atoms with Gasteiger partial charge < -0.3 is 0 Å². The highest BCUT2D eigenvalue weighted by molar-refractivity contribution is 5.94. The van der Waals surface area contributed by atoms with Crippen LogP contribution in [0, 0.1) is 18.6 Å². The largest absolute Gasteiger partial charge is 0.294 e. The molecule has 0 saturated heterocycles. The highest BCUT2D eigenvalue weighted by Gasteiger charge is 2.11. The van der Waals surface area contributed by atoms with Crippen molar-refractivity contribution in [3.63, 3.8) is 0 Å². The Morgan fingerprint density at radius 3 is 2.29 bits per heavy atom. The first-order valence-electron chi connectivity index (χ1n) is 5.01. The molecule has 0 atom stereocenters. The maximum atomic E-state index is 13.0. The number of halogens is 2. The zero-order valence-electron chi connectivity index (χ0n) is 9.37.